The first kappa shape index (κ1) is 14.8. The third-order valence-corrected chi connectivity index (χ3v) is 4.14. The number of aliphatic carboxylic acids is 1. The van der Waals surface area contributed by atoms with Gasteiger partial charge in [-0.3, -0.25) is 9.69 Å². The van der Waals surface area contributed by atoms with E-state index in [-0.39, 0.29) is 6.42 Å². The summed E-state index contributed by atoms with van der Waals surface area (Å²) in [6.45, 7) is 5.91. The Morgan fingerprint density at radius 3 is 2.80 bits per heavy atom. The molecule has 1 amide bonds. The van der Waals surface area contributed by atoms with E-state index in [2.05, 4.69) is 0 Å². The van der Waals surface area contributed by atoms with Gasteiger partial charge in [-0.1, -0.05) is 0 Å². The van der Waals surface area contributed by atoms with Crippen LogP contribution in [0.5, 0.6) is 0 Å². The number of carbonyl (C=O) groups excluding carboxylic acids is 1. The van der Waals surface area contributed by atoms with Crippen LogP contribution in [-0.4, -0.2) is 34.2 Å². The van der Waals surface area contributed by atoms with Gasteiger partial charge in [0.15, 0.2) is 0 Å². The molecule has 1 aromatic rings. The summed E-state index contributed by atoms with van der Waals surface area (Å²) in [5.41, 5.74) is 0.557. The average Bonchev–Trinajstić information content (AvgIpc) is 2.74. The number of carboxylic acids is 1. The lowest BCUT2D eigenvalue weighted by Crippen LogP contribution is -2.43. The van der Waals surface area contributed by atoms with Gasteiger partial charge < -0.3 is 9.84 Å². The van der Waals surface area contributed by atoms with E-state index >= 15 is 0 Å². The zero-order valence-electron chi connectivity index (χ0n) is 11.9. The van der Waals surface area contributed by atoms with Gasteiger partial charge in [-0.25, -0.2) is 4.79 Å². The van der Waals surface area contributed by atoms with Crippen LogP contribution in [0.1, 0.15) is 43.7 Å². The fraction of sp³-hybridized carbons (Fsp3) is 0.571. The van der Waals surface area contributed by atoms with Gasteiger partial charge in [-0.05, 0) is 44.2 Å². The third kappa shape index (κ3) is 3.30. The minimum Gasteiger partial charge on any atom is -0.481 e. The molecule has 1 unspecified atom stereocenters. The van der Waals surface area contributed by atoms with Crippen molar-refractivity contribution >= 4 is 23.4 Å². The maximum absolute atomic E-state index is 12.3. The molecule has 1 aromatic heterocycles. The number of thiophene rings is 1. The quantitative estimate of drug-likeness (QED) is 0.911. The first-order valence-electron chi connectivity index (χ1n) is 6.55. The summed E-state index contributed by atoms with van der Waals surface area (Å²) >= 11 is 1.50. The summed E-state index contributed by atoms with van der Waals surface area (Å²) in [5, 5.41) is 11.0. The van der Waals surface area contributed by atoms with Crippen LogP contribution < -0.4 is 0 Å². The number of fused-ring (bicyclic) bond motifs is 1. The van der Waals surface area contributed by atoms with Gasteiger partial charge in [0.05, 0.1) is 12.5 Å². The van der Waals surface area contributed by atoms with Crippen molar-refractivity contribution in [2.75, 3.05) is 6.54 Å². The summed E-state index contributed by atoms with van der Waals surface area (Å²) in [6, 6.07) is 1.58. The van der Waals surface area contributed by atoms with Crippen LogP contribution in [-0.2, 0) is 16.0 Å². The fourth-order valence-corrected chi connectivity index (χ4v) is 3.36. The second kappa shape index (κ2) is 5.44. The Balaban J connectivity index is 2.24. The molecule has 2 rings (SSSR count). The van der Waals surface area contributed by atoms with Crippen LogP contribution in [0.2, 0.25) is 0 Å². The Morgan fingerprint density at radius 1 is 1.50 bits per heavy atom. The van der Waals surface area contributed by atoms with E-state index in [9.17, 15) is 9.59 Å². The van der Waals surface area contributed by atoms with Crippen molar-refractivity contribution in [3.05, 3.63) is 21.9 Å². The highest BCUT2D eigenvalue weighted by Crippen LogP contribution is 2.36. The predicted octanol–water partition coefficient (Wildman–Crippen LogP) is 3.06. The fourth-order valence-electron chi connectivity index (χ4n) is 2.29. The minimum atomic E-state index is -0.912. The predicted molar refractivity (Wildman–Crippen MR) is 76.0 cm³/mol. The lowest BCUT2D eigenvalue weighted by Gasteiger charge is -2.36. The number of hydrogen-bond donors (Lipinski definition) is 1. The highest BCUT2D eigenvalue weighted by molar-refractivity contribution is 7.10. The van der Waals surface area contributed by atoms with Crippen LogP contribution in [0.25, 0.3) is 0 Å². The van der Waals surface area contributed by atoms with Crippen LogP contribution in [0.3, 0.4) is 0 Å². The Kier molecular flexibility index (Phi) is 4.04. The van der Waals surface area contributed by atoms with Crippen LogP contribution in [0.4, 0.5) is 4.79 Å². The van der Waals surface area contributed by atoms with Gasteiger partial charge in [0.1, 0.15) is 5.60 Å². The molecule has 1 N–H and O–H groups in total. The monoisotopic (exact) mass is 297 g/mol. The van der Waals surface area contributed by atoms with Crippen LogP contribution in [0, 0.1) is 0 Å². The number of rotatable bonds is 2. The van der Waals surface area contributed by atoms with Gasteiger partial charge >= 0.3 is 12.1 Å². The number of hydrogen-bond acceptors (Lipinski definition) is 4. The molecule has 1 aliphatic rings. The molecule has 0 saturated carbocycles. The van der Waals surface area contributed by atoms with E-state index in [1.807, 2.05) is 11.4 Å². The third-order valence-electron chi connectivity index (χ3n) is 3.08. The Morgan fingerprint density at radius 2 is 2.20 bits per heavy atom. The summed E-state index contributed by atoms with van der Waals surface area (Å²) < 4.78 is 5.38. The van der Waals surface area contributed by atoms with Crippen molar-refractivity contribution in [1.29, 1.82) is 0 Å². The van der Waals surface area contributed by atoms with Crippen molar-refractivity contribution in [1.82, 2.24) is 4.90 Å². The van der Waals surface area contributed by atoms with Gasteiger partial charge in [0, 0.05) is 11.4 Å². The lowest BCUT2D eigenvalue weighted by molar-refractivity contribution is -0.138. The Bertz CT molecular complexity index is 517. The average molecular weight is 297 g/mol. The molecule has 6 heteroatoms. The van der Waals surface area contributed by atoms with E-state index in [1.165, 1.54) is 16.2 Å². The van der Waals surface area contributed by atoms with Crippen molar-refractivity contribution in [3.63, 3.8) is 0 Å². The topological polar surface area (TPSA) is 66.8 Å². The number of carbonyl (C=O) groups is 2. The van der Waals surface area contributed by atoms with Crippen LogP contribution >= 0.6 is 11.3 Å². The van der Waals surface area contributed by atoms with Gasteiger partial charge in [-0.2, -0.15) is 0 Å². The molecular formula is C14H19NO4S. The molecule has 0 fully saturated rings. The summed E-state index contributed by atoms with van der Waals surface area (Å²) in [4.78, 5) is 25.8. The molecule has 2 heterocycles. The van der Waals surface area contributed by atoms with Crippen molar-refractivity contribution in [3.8, 4) is 0 Å². The molecule has 20 heavy (non-hydrogen) atoms. The van der Waals surface area contributed by atoms with Gasteiger partial charge in [0.2, 0.25) is 0 Å². The molecule has 0 saturated heterocycles. The molecule has 1 atom stereocenters. The molecule has 0 aromatic carbocycles. The summed E-state index contributed by atoms with van der Waals surface area (Å²) in [6.07, 6.45) is 0.212. The highest BCUT2D eigenvalue weighted by Gasteiger charge is 2.35. The second-order valence-electron chi connectivity index (χ2n) is 5.85. The molecule has 1 aliphatic heterocycles. The molecule has 0 bridgehead atoms. The summed E-state index contributed by atoms with van der Waals surface area (Å²) in [7, 11) is 0. The second-order valence-corrected chi connectivity index (χ2v) is 6.80. The SMILES string of the molecule is CC(C)(C)OC(=O)N1CCc2ccsc2C1CC(=O)O. The Hall–Kier alpha value is -1.56. The van der Waals surface area contributed by atoms with E-state index in [0.717, 1.165) is 16.9 Å². The van der Waals surface area contributed by atoms with Crippen molar-refractivity contribution in [2.24, 2.45) is 0 Å². The first-order valence-corrected chi connectivity index (χ1v) is 7.43. The zero-order valence-corrected chi connectivity index (χ0v) is 12.7. The Labute approximate surface area is 122 Å². The largest absolute Gasteiger partial charge is 0.481 e. The highest BCUT2D eigenvalue weighted by atomic mass is 32.1. The lowest BCUT2D eigenvalue weighted by atomic mass is 9.99. The molecular weight excluding hydrogens is 278 g/mol. The molecule has 110 valence electrons. The number of amides is 1. The maximum Gasteiger partial charge on any atom is 0.410 e. The minimum absolute atomic E-state index is 0.0905. The van der Waals surface area contributed by atoms with E-state index in [4.69, 9.17) is 9.84 Å². The van der Waals surface area contributed by atoms with E-state index in [0.29, 0.717) is 6.54 Å². The molecule has 0 radical (unpaired) electrons. The normalized spacial score (nSPS) is 18.6. The molecule has 0 spiro atoms. The first-order chi connectivity index (χ1) is 9.28. The number of ether oxygens (including phenoxy) is 1. The van der Waals surface area contributed by atoms with E-state index in [1.54, 1.807) is 20.8 Å². The molecule has 0 aliphatic carbocycles. The van der Waals surface area contributed by atoms with Gasteiger partial charge in [-0.15, -0.1) is 11.3 Å². The van der Waals surface area contributed by atoms with Crippen LogP contribution in [0.15, 0.2) is 11.4 Å². The summed E-state index contributed by atoms with van der Waals surface area (Å²) in [5.74, 6) is -0.912. The smallest absolute Gasteiger partial charge is 0.410 e. The zero-order chi connectivity index (χ0) is 14.9. The van der Waals surface area contributed by atoms with Crippen molar-refractivity contribution < 1.29 is 19.4 Å². The number of nitrogens with zero attached hydrogens (tertiary/aromatic N) is 1. The number of carboxylic acid groups (broad SMARTS) is 1. The molecule has 5 nitrogen and oxygen atoms in total. The van der Waals surface area contributed by atoms with Crippen molar-refractivity contribution in [2.45, 2.75) is 45.3 Å². The van der Waals surface area contributed by atoms with Gasteiger partial charge in [0.25, 0.3) is 0 Å². The standard InChI is InChI=1S/C14H19NO4S/c1-14(2,3)19-13(18)15-6-4-9-5-7-20-12(9)10(15)8-11(16)17/h5,7,10H,4,6,8H2,1-3H3,(H,16,17). The maximum atomic E-state index is 12.3. The van der Waals surface area contributed by atoms with E-state index < -0.39 is 23.7 Å².